The van der Waals surface area contributed by atoms with E-state index in [1.54, 1.807) is 11.3 Å². The molecule has 3 aromatic heterocycles. The Morgan fingerprint density at radius 3 is 2.64 bits per heavy atom. The van der Waals surface area contributed by atoms with Crippen molar-refractivity contribution in [1.82, 2.24) is 9.97 Å². The van der Waals surface area contributed by atoms with E-state index in [1.807, 2.05) is 18.4 Å². The summed E-state index contributed by atoms with van der Waals surface area (Å²) in [5.74, 6) is -0.117. The average Bonchev–Trinajstić information content (AvgIpc) is 3.15. The Morgan fingerprint density at radius 2 is 2.05 bits per heavy atom. The number of aryl methyl sites for hydroxylation is 1. The maximum absolute atomic E-state index is 12.3. The van der Waals surface area contributed by atoms with Gasteiger partial charge in [-0.3, -0.25) is 10.1 Å². The van der Waals surface area contributed by atoms with Gasteiger partial charge in [0.25, 0.3) is 5.91 Å². The second-order valence-corrected chi connectivity index (χ2v) is 7.59. The highest BCUT2D eigenvalue weighted by Crippen LogP contribution is 2.34. The molecule has 0 aliphatic carbocycles. The van der Waals surface area contributed by atoms with Crippen molar-refractivity contribution >= 4 is 59.7 Å². The van der Waals surface area contributed by atoms with Crippen LogP contribution in [0.3, 0.4) is 0 Å². The maximum Gasteiger partial charge on any atom is 0.267 e. The van der Waals surface area contributed by atoms with E-state index < -0.39 is 0 Å². The summed E-state index contributed by atoms with van der Waals surface area (Å²) in [6, 6.07) is 1.92. The lowest BCUT2D eigenvalue weighted by Gasteiger charge is -2.16. The molecule has 8 heteroatoms. The number of carbonyl (C=O) groups is 1. The molecule has 0 aromatic carbocycles. The molecule has 3 rings (SSSR count). The molecule has 0 atom stereocenters. The van der Waals surface area contributed by atoms with Gasteiger partial charge < -0.3 is 4.90 Å². The molecular formula is C14H16N4OS3. The molecule has 116 valence electrons. The van der Waals surface area contributed by atoms with Crippen LogP contribution in [0.5, 0.6) is 0 Å². The Hall–Kier alpha value is -1.51. The number of aromatic nitrogens is 2. The van der Waals surface area contributed by atoms with E-state index in [9.17, 15) is 4.79 Å². The van der Waals surface area contributed by atoms with Gasteiger partial charge in [-0.25, -0.2) is 9.97 Å². The van der Waals surface area contributed by atoms with Crippen LogP contribution >= 0.6 is 34.0 Å². The molecule has 0 radical (unpaired) electrons. The van der Waals surface area contributed by atoms with E-state index in [0.717, 1.165) is 33.4 Å². The molecular weight excluding hydrogens is 336 g/mol. The minimum atomic E-state index is -0.117. The molecule has 5 nitrogen and oxygen atoms in total. The highest BCUT2D eigenvalue weighted by Gasteiger charge is 2.16. The monoisotopic (exact) mass is 352 g/mol. The summed E-state index contributed by atoms with van der Waals surface area (Å²) in [5.41, 5.74) is 0.915. The Kier molecular flexibility index (Phi) is 4.42. The van der Waals surface area contributed by atoms with Gasteiger partial charge in [-0.1, -0.05) is 11.3 Å². The summed E-state index contributed by atoms with van der Waals surface area (Å²) in [6.45, 7) is 8.02. The van der Waals surface area contributed by atoms with Crippen LogP contribution in [0.4, 0.5) is 10.3 Å². The number of thiazole rings is 2. The lowest BCUT2D eigenvalue weighted by atomic mass is 10.4. The molecule has 0 aliphatic heterocycles. The first-order chi connectivity index (χ1) is 10.6. The van der Waals surface area contributed by atoms with E-state index in [-0.39, 0.29) is 5.91 Å². The van der Waals surface area contributed by atoms with E-state index in [2.05, 4.69) is 34.0 Å². The number of rotatable bonds is 5. The Bertz CT molecular complexity index is 769. The first-order valence-corrected chi connectivity index (χ1v) is 9.50. The van der Waals surface area contributed by atoms with Gasteiger partial charge in [-0.05, 0) is 26.8 Å². The molecule has 22 heavy (non-hydrogen) atoms. The summed E-state index contributed by atoms with van der Waals surface area (Å²) < 4.78 is 1.06. The van der Waals surface area contributed by atoms with Crippen LogP contribution in [-0.4, -0.2) is 29.0 Å². The smallest absolute Gasteiger partial charge is 0.267 e. The van der Waals surface area contributed by atoms with E-state index in [1.165, 1.54) is 22.7 Å². The molecule has 0 bridgehead atoms. The van der Waals surface area contributed by atoms with Crippen LogP contribution in [0.25, 0.3) is 9.53 Å². The van der Waals surface area contributed by atoms with Crippen LogP contribution in [0.15, 0.2) is 11.4 Å². The number of carbonyl (C=O) groups excluding carboxylic acids is 1. The molecule has 0 saturated carbocycles. The van der Waals surface area contributed by atoms with Crippen molar-refractivity contribution < 1.29 is 4.79 Å². The van der Waals surface area contributed by atoms with Crippen molar-refractivity contribution in [2.75, 3.05) is 23.3 Å². The van der Waals surface area contributed by atoms with Crippen LogP contribution in [-0.2, 0) is 0 Å². The Labute approximate surface area is 140 Å². The summed E-state index contributed by atoms with van der Waals surface area (Å²) in [5, 5.41) is 6.41. The molecule has 0 saturated heterocycles. The van der Waals surface area contributed by atoms with Crippen LogP contribution in [0.2, 0.25) is 0 Å². The number of anilines is 2. The lowest BCUT2D eigenvalue weighted by Crippen LogP contribution is -2.21. The van der Waals surface area contributed by atoms with Gasteiger partial charge in [0.2, 0.25) is 0 Å². The van der Waals surface area contributed by atoms with Gasteiger partial charge in [0.15, 0.2) is 10.3 Å². The second kappa shape index (κ2) is 6.31. The van der Waals surface area contributed by atoms with Crippen molar-refractivity contribution in [1.29, 1.82) is 0 Å². The highest BCUT2D eigenvalue weighted by molar-refractivity contribution is 7.29. The third kappa shape index (κ3) is 2.99. The quantitative estimate of drug-likeness (QED) is 0.747. The van der Waals surface area contributed by atoms with Crippen molar-refractivity contribution in [2.45, 2.75) is 20.8 Å². The fourth-order valence-electron chi connectivity index (χ4n) is 2.04. The van der Waals surface area contributed by atoms with Crippen molar-refractivity contribution in [2.24, 2.45) is 0 Å². The average molecular weight is 353 g/mol. The van der Waals surface area contributed by atoms with Crippen molar-refractivity contribution in [3.05, 3.63) is 22.0 Å². The largest absolute Gasteiger partial charge is 0.349 e. The number of hydrogen-bond donors (Lipinski definition) is 1. The molecule has 1 amide bonds. The van der Waals surface area contributed by atoms with Gasteiger partial charge >= 0.3 is 0 Å². The number of amides is 1. The van der Waals surface area contributed by atoms with Crippen LogP contribution in [0, 0.1) is 6.92 Å². The Balaban J connectivity index is 1.80. The van der Waals surface area contributed by atoms with Crippen molar-refractivity contribution in [3.8, 4) is 0 Å². The van der Waals surface area contributed by atoms with Gasteiger partial charge in [-0.2, -0.15) is 0 Å². The van der Waals surface area contributed by atoms with Gasteiger partial charge in [-0.15, -0.1) is 22.7 Å². The topological polar surface area (TPSA) is 58.1 Å². The highest BCUT2D eigenvalue weighted by atomic mass is 32.1. The zero-order valence-corrected chi connectivity index (χ0v) is 15.0. The zero-order valence-electron chi connectivity index (χ0n) is 12.5. The second-order valence-electron chi connectivity index (χ2n) is 4.70. The first kappa shape index (κ1) is 15.4. The number of fused-ring (bicyclic) bond motifs is 1. The van der Waals surface area contributed by atoms with E-state index in [0.29, 0.717) is 10.0 Å². The van der Waals surface area contributed by atoms with Crippen LogP contribution in [0.1, 0.15) is 29.2 Å². The molecule has 0 spiro atoms. The maximum atomic E-state index is 12.3. The minimum absolute atomic E-state index is 0.117. The summed E-state index contributed by atoms with van der Waals surface area (Å²) in [6.07, 6.45) is 0. The standard InChI is InChI=1S/C14H16N4OS3/c1-4-18(5-2)14-17-12-10(22-14)6-9(21-12)11(19)16-13-15-8(3)7-20-13/h6-7H,4-5H2,1-3H3,(H,15,16,19). The van der Waals surface area contributed by atoms with Gasteiger partial charge in [0.1, 0.15) is 4.83 Å². The number of thiophene rings is 1. The molecule has 3 heterocycles. The molecule has 0 fully saturated rings. The normalized spacial score (nSPS) is 11.0. The third-order valence-corrected chi connectivity index (χ3v) is 6.27. The number of hydrogen-bond acceptors (Lipinski definition) is 7. The number of nitrogens with zero attached hydrogens (tertiary/aromatic N) is 3. The van der Waals surface area contributed by atoms with Crippen LogP contribution < -0.4 is 10.2 Å². The van der Waals surface area contributed by atoms with Crippen molar-refractivity contribution in [3.63, 3.8) is 0 Å². The summed E-state index contributed by atoms with van der Waals surface area (Å²) >= 11 is 4.50. The fourth-order valence-corrected chi connectivity index (χ4v) is 4.95. The van der Waals surface area contributed by atoms with E-state index in [4.69, 9.17) is 0 Å². The molecule has 1 N–H and O–H groups in total. The third-order valence-electron chi connectivity index (χ3n) is 3.18. The van der Waals surface area contributed by atoms with Gasteiger partial charge in [0, 0.05) is 18.5 Å². The minimum Gasteiger partial charge on any atom is -0.349 e. The molecule has 0 unspecified atom stereocenters. The number of nitrogens with one attached hydrogen (secondary N) is 1. The lowest BCUT2D eigenvalue weighted by molar-refractivity contribution is 0.103. The zero-order chi connectivity index (χ0) is 15.7. The molecule has 3 aromatic rings. The summed E-state index contributed by atoms with van der Waals surface area (Å²) in [4.78, 5) is 25.0. The summed E-state index contributed by atoms with van der Waals surface area (Å²) in [7, 11) is 0. The molecule has 0 aliphatic rings. The Morgan fingerprint density at radius 1 is 1.27 bits per heavy atom. The fraction of sp³-hybridized carbons (Fsp3) is 0.357. The van der Waals surface area contributed by atoms with E-state index >= 15 is 0 Å². The predicted molar refractivity (Wildman–Crippen MR) is 95.9 cm³/mol. The SMILES string of the molecule is CCN(CC)c1nc2sc(C(=O)Nc3nc(C)cs3)cc2s1. The first-order valence-electron chi connectivity index (χ1n) is 6.99. The van der Waals surface area contributed by atoms with Gasteiger partial charge in [0.05, 0.1) is 15.3 Å². The predicted octanol–water partition coefficient (Wildman–Crippen LogP) is 4.22.